The Balaban J connectivity index is 2.38. The number of carboxylic acid groups (broad SMARTS) is 1. The van der Waals surface area contributed by atoms with Crippen LogP contribution in [0.25, 0.3) is 0 Å². The molecular formula is C11H7ClN4O4S. The average Bonchev–Trinajstić information content (AvgIpc) is 2.88. The minimum Gasteiger partial charge on any atom is -0.478 e. The molecule has 0 saturated carbocycles. The maximum atomic E-state index is 12.1. The summed E-state index contributed by atoms with van der Waals surface area (Å²) in [5, 5.41) is 22.6. The summed E-state index contributed by atoms with van der Waals surface area (Å²) in [6.45, 7) is 0. The summed E-state index contributed by atoms with van der Waals surface area (Å²) in [5.74, 6) is -1.43. The molecule has 2 rings (SSSR count). The van der Waals surface area contributed by atoms with Gasteiger partial charge in [0.1, 0.15) is 11.6 Å². The number of halogens is 1. The van der Waals surface area contributed by atoms with Crippen LogP contribution >= 0.6 is 11.6 Å². The number of benzene rings is 1. The van der Waals surface area contributed by atoms with Crippen LogP contribution in [-0.2, 0) is 10.0 Å². The van der Waals surface area contributed by atoms with Gasteiger partial charge in [0.05, 0.1) is 22.5 Å². The van der Waals surface area contributed by atoms with E-state index in [1.807, 2.05) is 6.07 Å². The molecule has 8 nitrogen and oxygen atoms in total. The van der Waals surface area contributed by atoms with Gasteiger partial charge in [-0.2, -0.15) is 18.8 Å². The molecule has 0 spiro atoms. The maximum Gasteiger partial charge on any atom is 0.340 e. The van der Waals surface area contributed by atoms with E-state index in [1.54, 1.807) is 0 Å². The van der Waals surface area contributed by atoms with Crippen molar-refractivity contribution in [3.8, 4) is 6.07 Å². The third-order valence-electron chi connectivity index (χ3n) is 2.45. The van der Waals surface area contributed by atoms with Gasteiger partial charge in [-0.3, -0.25) is 9.82 Å². The van der Waals surface area contributed by atoms with Crippen molar-refractivity contribution in [2.75, 3.05) is 4.72 Å². The van der Waals surface area contributed by atoms with E-state index < -0.39 is 26.6 Å². The minimum atomic E-state index is -4.17. The van der Waals surface area contributed by atoms with Crippen molar-refractivity contribution in [3.05, 3.63) is 40.5 Å². The Morgan fingerprint density at radius 2 is 2.19 bits per heavy atom. The van der Waals surface area contributed by atoms with Crippen molar-refractivity contribution < 1.29 is 18.3 Å². The lowest BCUT2D eigenvalue weighted by atomic mass is 10.2. The van der Waals surface area contributed by atoms with Crippen LogP contribution in [0.5, 0.6) is 0 Å². The fourth-order valence-electron chi connectivity index (χ4n) is 1.51. The molecule has 0 atom stereocenters. The topological polar surface area (TPSA) is 136 Å². The van der Waals surface area contributed by atoms with E-state index in [0.29, 0.717) is 0 Å². The fraction of sp³-hybridized carbons (Fsp3) is 0. The van der Waals surface area contributed by atoms with E-state index in [-0.39, 0.29) is 16.3 Å². The number of aromatic nitrogens is 2. The molecule has 1 aromatic heterocycles. The largest absolute Gasteiger partial charge is 0.478 e. The summed E-state index contributed by atoms with van der Waals surface area (Å²) < 4.78 is 26.4. The smallest absolute Gasteiger partial charge is 0.340 e. The third-order valence-corrected chi connectivity index (χ3v) is 4.11. The Kier molecular flexibility index (Phi) is 3.84. The number of nitrogens with one attached hydrogen (secondary N) is 2. The monoisotopic (exact) mass is 326 g/mol. The number of carboxylic acids is 1. The molecule has 108 valence electrons. The first-order valence-electron chi connectivity index (χ1n) is 5.34. The van der Waals surface area contributed by atoms with E-state index in [0.717, 1.165) is 6.20 Å². The van der Waals surface area contributed by atoms with Crippen LogP contribution in [0.1, 0.15) is 15.9 Å². The Morgan fingerprint density at radius 1 is 1.48 bits per heavy atom. The van der Waals surface area contributed by atoms with Gasteiger partial charge in [0.2, 0.25) is 0 Å². The molecule has 0 aliphatic heterocycles. The molecule has 1 heterocycles. The average molecular weight is 327 g/mol. The number of carbonyl (C=O) groups is 1. The molecule has 0 bridgehead atoms. The molecule has 0 unspecified atom stereocenters. The van der Waals surface area contributed by atoms with Crippen molar-refractivity contribution in [1.82, 2.24) is 10.2 Å². The number of hydrogen-bond donors (Lipinski definition) is 3. The van der Waals surface area contributed by atoms with Gasteiger partial charge in [-0.25, -0.2) is 4.79 Å². The first-order chi connectivity index (χ1) is 9.85. The van der Waals surface area contributed by atoms with E-state index in [2.05, 4.69) is 14.9 Å². The molecule has 0 aliphatic rings. The highest BCUT2D eigenvalue weighted by Crippen LogP contribution is 2.23. The van der Waals surface area contributed by atoms with Gasteiger partial charge in [0.25, 0.3) is 10.0 Å². The Labute approximate surface area is 124 Å². The summed E-state index contributed by atoms with van der Waals surface area (Å²) in [6, 6.07) is 5.75. The van der Waals surface area contributed by atoms with Gasteiger partial charge in [0.15, 0.2) is 5.03 Å². The van der Waals surface area contributed by atoms with Crippen molar-refractivity contribution in [3.63, 3.8) is 0 Å². The number of rotatable bonds is 4. The standard InChI is InChI=1S/C11H7ClN4O4S/c12-9-3-7(2-1-6(9)4-13)16-21(19,20)10-8(11(17)18)5-14-15-10/h1-3,5,16H,(H,14,15)(H,17,18). The van der Waals surface area contributed by atoms with Gasteiger partial charge in [-0.1, -0.05) is 11.6 Å². The first-order valence-corrected chi connectivity index (χ1v) is 7.20. The van der Waals surface area contributed by atoms with E-state index in [9.17, 15) is 13.2 Å². The van der Waals surface area contributed by atoms with Gasteiger partial charge in [-0.05, 0) is 18.2 Å². The van der Waals surface area contributed by atoms with Crippen LogP contribution in [0.3, 0.4) is 0 Å². The highest BCUT2D eigenvalue weighted by Gasteiger charge is 2.25. The normalized spacial score (nSPS) is 10.9. The Bertz CT molecular complexity index is 853. The van der Waals surface area contributed by atoms with Crippen LogP contribution in [0, 0.1) is 11.3 Å². The second-order valence-electron chi connectivity index (χ2n) is 3.83. The van der Waals surface area contributed by atoms with Crippen LogP contribution in [0.2, 0.25) is 5.02 Å². The highest BCUT2D eigenvalue weighted by atomic mass is 35.5. The molecule has 0 fully saturated rings. The number of nitrogens with zero attached hydrogens (tertiary/aromatic N) is 2. The molecule has 21 heavy (non-hydrogen) atoms. The lowest BCUT2D eigenvalue weighted by Crippen LogP contribution is -2.16. The second kappa shape index (κ2) is 5.43. The molecule has 0 radical (unpaired) electrons. The molecule has 0 saturated heterocycles. The van der Waals surface area contributed by atoms with E-state index >= 15 is 0 Å². The zero-order valence-electron chi connectivity index (χ0n) is 10.2. The summed E-state index contributed by atoms with van der Waals surface area (Å²) >= 11 is 5.79. The van der Waals surface area contributed by atoms with Crippen molar-refractivity contribution in [1.29, 1.82) is 5.26 Å². The lowest BCUT2D eigenvalue weighted by molar-refractivity contribution is 0.0692. The Morgan fingerprint density at radius 3 is 2.76 bits per heavy atom. The van der Waals surface area contributed by atoms with Crippen molar-refractivity contribution >= 4 is 33.3 Å². The number of anilines is 1. The van der Waals surface area contributed by atoms with E-state index in [4.69, 9.17) is 22.0 Å². The van der Waals surface area contributed by atoms with Gasteiger partial charge in [0, 0.05) is 0 Å². The molecule has 2 aromatic rings. The van der Waals surface area contributed by atoms with E-state index in [1.165, 1.54) is 18.2 Å². The fourth-order valence-corrected chi connectivity index (χ4v) is 2.87. The van der Waals surface area contributed by atoms with Gasteiger partial charge < -0.3 is 5.11 Å². The van der Waals surface area contributed by atoms with Gasteiger partial charge in [-0.15, -0.1) is 0 Å². The molecule has 0 aliphatic carbocycles. The third kappa shape index (κ3) is 2.96. The predicted molar refractivity (Wildman–Crippen MR) is 72.5 cm³/mol. The zero-order chi connectivity index (χ0) is 15.6. The maximum absolute atomic E-state index is 12.1. The summed E-state index contributed by atoms with van der Waals surface area (Å²) in [5.41, 5.74) is -0.209. The molecule has 0 amide bonds. The van der Waals surface area contributed by atoms with Crippen LogP contribution in [0.15, 0.2) is 29.4 Å². The number of aromatic carboxylic acids is 1. The lowest BCUT2D eigenvalue weighted by Gasteiger charge is -2.07. The number of sulfonamides is 1. The first kappa shape index (κ1) is 14.8. The molecular weight excluding hydrogens is 320 g/mol. The SMILES string of the molecule is N#Cc1ccc(NS(=O)(=O)c2[nH]ncc2C(=O)O)cc1Cl. The molecule has 10 heteroatoms. The molecule has 3 N–H and O–H groups in total. The van der Waals surface area contributed by atoms with Crippen LogP contribution < -0.4 is 4.72 Å². The second-order valence-corrected chi connectivity index (χ2v) is 5.86. The summed E-state index contributed by atoms with van der Waals surface area (Å²) in [4.78, 5) is 10.9. The quantitative estimate of drug-likeness (QED) is 0.777. The Hall–Kier alpha value is -2.57. The number of aromatic amines is 1. The number of nitriles is 1. The summed E-state index contributed by atoms with van der Waals surface area (Å²) in [6.07, 6.45) is 0.892. The van der Waals surface area contributed by atoms with Gasteiger partial charge >= 0.3 is 5.97 Å². The predicted octanol–water partition coefficient (Wildman–Crippen LogP) is 1.43. The van der Waals surface area contributed by atoms with Crippen LogP contribution in [0.4, 0.5) is 5.69 Å². The minimum absolute atomic E-state index is 0.0702. The number of H-pyrrole nitrogens is 1. The molecule has 1 aromatic carbocycles. The van der Waals surface area contributed by atoms with Crippen LogP contribution in [-0.4, -0.2) is 29.7 Å². The number of hydrogen-bond acceptors (Lipinski definition) is 5. The van der Waals surface area contributed by atoms with Crippen molar-refractivity contribution in [2.45, 2.75) is 5.03 Å². The summed E-state index contributed by atoms with van der Waals surface area (Å²) in [7, 11) is -4.17. The zero-order valence-corrected chi connectivity index (χ0v) is 11.7. The van der Waals surface area contributed by atoms with Crippen molar-refractivity contribution in [2.24, 2.45) is 0 Å². The highest BCUT2D eigenvalue weighted by molar-refractivity contribution is 7.92.